The van der Waals surface area contributed by atoms with Crippen LogP contribution in [0.4, 0.5) is 0 Å². The number of likely N-dealkylation sites (tertiary alicyclic amines) is 1. The van der Waals surface area contributed by atoms with E-state index < -0.39 is 0 Å². The maximum Gasteiger partial charge on any atom is 0.265 e. The van der Waals surface area contributed by atoms with Gasteiger partial charge in [0.25, 0.3) is 5.91 Å². The zero-order chi connectivity index (χ0) is 17.4. The van der Waals surface area contributed by atoms with Crippen LogP contribution >= 0.6 is 11.3 Å². The Balaban J connectivity index is 1.64. The van der Waals surface area contributed by atoms with Crippen LogP contribution in [-0.2, 0) is 4.79 Å². The zero-order valence-electron chi connectivity index (χ0n) is 14.5. The molecule has 2 saturated heterocycles. The number of carbonyl (C=O) groups is 2. The van der Waals surface area contributed by atoms with Crippen molar-refractivity contribution in [1.82, 2.24) is 15.1 Å². The summed E-state index contributed by atoms with van der Waals surface area (Å²) in [5, 5.41) is 4.41. The summed E-state index contributed by atoms with van der Waals surface area (Å²) in [4.78, 5) is 30.6. The average Bonchev–Trinajstić information content (AvgIpc) is 3.29. The molecule has 2 amide bonds. The molecule has 25 heavy (non-hydrogen) atoms. The highest BCUT2D eigenvalue weighted by Crippen LogP contribution is 2.32. The van der Waals surface area contributed by atoms with Crippen molar-refractivity contribution in [2.24, 2.45) is 0 Å². The maximum absolute atomic E-state index is 13.3. The maximum atomic E-state index is 13.3. The van der Waals surface area contributed by atoms with Crippen molar-refractivity contribution in [2.75, 3.05) is 32.7 Å². The zero-order valence-corrected chi connectivity index (χ0v) is 15.3. The van der Waals surface area contributed by atoms with Crippen molar-refractivity contribution in [3.05, 3.63) is 34.7 Å². The SMILES string of the molecule is Cc1c(C(=O)N2CCNC[C@@H]2C(=O)N2CCCC2)sc2ccccc12. The third-order valence-electron chi connectivity index (χ3n) is 5.24. The van der Waals surface area contributed by atoms with Gasteiger partial charge in [0.1, 0.15) is 6.04 Å². The first-order chi connectivity index (χ1) is 12.2. The van der Waals surface area contributed by atoms with Gasteiger partial charge in [0.2, 0.25) is 5.91 Å². The molecule has 0 unspecified atom stereocenters. The fraction of sp³-hybridized carbons (Fsp3) is 0.474. The van der Waals surface area contributed by atoms with E-state index in [0.717, 1.165) is 53.0 Å². The molecule has 2 fully saturated rings. The normalized spacial score (nSPS) is 21.1. The van der Waals surface area contributed by atoms with Crippen molar-refractivity contribution in [3.63, 3.8) is 0 Å². The molecule has 4 rings (SSSR count). The van der Waals surface area contributed by atoms with E-state index in [-0.39, 0.29) is 17.9 Å². The van der Waals surface area contributed by atoms with Crippen LogP contribution in [-0.4, -0.2) is 60.4 Å². The smallest absolute Gasteiger partial charge is 0.265 e. The van der Waals surface area contributed by atoms with Crippen molar-refractivity contribution < 1.29 is 9.59 Å². The summed E-state index contributed by atoms with van der Waals surface area (Å²) in [7, 11) is 0. The van der Waals surface area contributed by atoms with E-state index in [1.165, 1.54) is 11.3 Å². The van der Waals surface area contributed by atoms with Crippen LogP contribution in [0.2, 0.25) is 0 Å². The molecule has 2 aliphatic rings. The lowest BCUT2D eigenvalue weighted by Crippen LogP contribution is -2.59. The van der Waals surface area contributed by atoms with Crippen LogP contribution in [0.5, 0.6) is 0 Å². The van der Waals surface area contributed by atoms with Gasteiger partial charge >= 0.3 is 0 Å². The number of amides is 2. The third-order valence-corrected chi connectivity index (χ3v) is 6.51. The minimum Gasteiger partial charge on any atom is -0.341 e. The molecule has 0 saturated carbocycles. The molecule has 2 aromatic rings. The number of hydrogen-bond donors (Lipinski definition) is 1. The largest absolute Gasteiger partial charge is 0.341 e. The Morgan fingerprint density at radius 2 is 1.92 bits per heavy atom. The number of nitrogens with zero attached hydrogens (tertiary/aromatic N) is 2. The fourth-order valence-electron chi connectivity index (χ4n) is 3.83. The van der Waals surface area contributed by atoms with Gasteiger partial charge in [-0.3, -0.25) is 9.59 Å². The Morgan fingerprint density at radius 1 is 1.16 bits per heavy atom. The summed E-state index contributed by atoms with van der Waals surface area (Å²) >= 11 is 1.54. The number of hydrogen-bond acceptors (Lipinski definition) is 4. The van der Waals surface area contributed by atoms with Gasteiger partial charge in [0.05, 0.1) is 4.88 Å². The Hall–Kier alpha value is -1.92. The number of fused-ring (bicyclic) bond motifs is 1. The summed E-state index contributed by atoms with van der Waals surface area (Å²) in [6.45, 7) is 5.51. The molecule has 1 aromatic heterocycles. The highest BCUT2D eigenvalue weighted by Gasteiger charge is 2.36. The lowest BCUT2D eigenvalue weighted by molar-refractivity contribution is -0.135. The number of thiophene rings is 1. The number of aryl methyl sites for hydroxylation is 1. The van der Waals surface area contributed by atoms with Gasteiger partial charge in [0, 0.05) is 37.4 Å². The molecule has 1 N–H and O–H groups in total. The summed E-state index contributed by atoms with van der Waals surface area (Å²) in [5.74, 6) is 0.0922. The van der Waals surface area contributed by atoms with Gasteiger partial charge < -0.3 is 15.1 Å². The molecule has 1 aromatic carbocycles. The van der Waals surface area contributed by atoms with Crippen LogP contribution in [0.15, 0.2) is 24.3 Å². The second-order valence-electron chi connectivity index (χ2n) is 6.80. The molecular formula is C19H23N3O2S. The third kappa shape index (κ3) is 2.93. The number of nitrogens with one attached hydrogen (secondary N) is 1. The van der Waals surface area contributed by atoms with E-state index in [1.54, 1.807) is 4.90 Å². The Labute approximate surface area is 151 Å². The van der Waals surface area contributed by atoms with E-state index in [1.807, 2.05) is 24.0 Å². The highest BCUT2D eigenvalue weighted by molar-refractivity contribution is 7.21. The van der Waals surface area contributed by atoms with Crippen molar-refractivity contribution in [3.8, 4) is 0 Å². The molecular weight excluding hydrogens is 334 g/mol. The molecule has 0 spiro atoms. The molecule has 2 aliphatic heterocycles. The highest BCUT2D eigenvalue weighted by atomic mass is 32.1. The standard InChI is InChI=1S/C19H23N3O2S/c1-13-14-6-2-3-7-16(14)25-17(13)19(24)22-11-8-20-12-15(22)18(23)21-9-4-5-10-21/h2-3,6-7,15,20H,4-5,8-12H2,1H3/t15-/m1/s1. The number of carbonyl (C=O) groups excluding carboxylic acids is 2. The van der Waals surface area contributed by atoms with Gasteiger partial charge in [-0.25, -0.2) is 0 Å². The predicted octanol–water partition coefficient (Wildman–Crippen LogP) is 2.25. The van der Waals surface area contributed by atoms with E-state index in [0.29, 0.717) is 13.1 Å². The number of benzene rings is 1. The first-order valence-corrected chi connectivity index (χ1v) is 9.77. The van der Waals surface area contributed by atoms with Crippen LogP contribution in [0.25, 0.3) is 10.1 Å². The van der Waals surface area contributed by atoms with Crippen molar-refractivity contribution in [2.45, 2.75) is 25.8 Å². The number of piperazine rings is 1. The van der Waals surface area contributed by atoms with Crippen LogP contribution in [0, 0.1) is 6.92 Å². The first-order valence-electron chi connectivity index (χ1n) is 8.95. The van der Waals surface area contributed by atoms with Crippen molar-refractivity contribution in [1.29, 1.82) is 0 Å². The van der Waals surface area contributed by atoms with Crippen molar-refractivity contribution >= 4 is 33.2 Å². The molecule has 6 heteroatoms. The lowest BCUT2D eigenvalue weighted by Gasteiger charge is -2.37. The predicted molar refractivity (Wildman–Crippen MR) is 100 cm³/mol. The fourth-order valence-corrected chi connectivity index (χ4v) is 4.99. The molecule has 5 nitrogen and oxygen atoms in total. The minimum absolute atomic E-state index is 0.00209. The Morgan fingerprint density at radius 3 is 2.68 bits per heavy atom. The van der Waals surface area contributed by atoms with Gasteiger partial charge in [-0.15, -0.1) is 11.3 Å². The quantitative estimate of drug-likeness (QED) is 0.897. The van der Waals surface area contributed by atoms with Gasteiger partial charge in [-0.05, 0) is 36.8 Å². The van der Waals surface area contributed by atoms with Crippen LogP contribution < -0.4 is 5.32 Å². The van der Waals surface area contributed by atoms with Gasteiger partial charge in [-0.1, -0.05) is 18.2 Å². The molecule has 132 valence electrons. The van der Waals surface area contributed by atoms with Gasteiger partial charge in [-0.2, -0.15) is 0 Å². The van der Waals surface area contributed by atoms with E-state index in [4.69, 9.17) is 0 Å². The first kappa shape index (κ1) is 16.5. The summed E-state index contributed by atoms with van der Waals surface area (Å²) in [5.41, 5.74) is 1.02. The van der Waals surface area contributed by atoms with E-state index in [9.17, 15) is 9.59 Å². The van der Waals surface area contributed by atoms with Crippen LogP contribution in [0.1, 0.15) is 28.1 Å². The van der Waals surface area contributed by atoms with E-state index >= 15 is 0 Å². The summed E-state index contributed by atoms with van der Waals surface area (Å²) < 4.78 is 1.13. The lowest BCUT2D eigenvalue weighted by atomic mass is 10.1. The second kappa shape index (κ2) is 6.77. The molecule has 3 heterocycles. The minimum atomic E-state index is -0.385. The molecule has 0 radical (unpaired) electrons. The monoisotopic (exact) mass is 357 g/mol. The van der Waals surface area contributed by atoms with Gasteiger partial charge in [0.15, 0.2) is 0 Å². The summed E-state index contributed by atoms with van der Waals surface area (Å²) in [6, 6.07) is 7.72. The number of rotatable bonds is 2. The molecule has 0 aliphatic carbocycles. The average molecular weight is 357 g/mol. The summed E-state index contributed by atoms with van der Waals surface area (Å²) in [6.07, 6.45) is 2.13. The van der Waals surface area contributed by atoms with Crippen LogP contribution in [0.3, 0.4) is 0 Å². The molecule has 0 bridgehead atoms. The topological polar surface area (TPSA) is 52.7 Å². The van der Waals surface area contributed by atoms with E-state index in [2.05, 4.69) is 17.4 Å². The Bertz CT molecular complexity index is 810. The Kier molecular flexibility index (Phi) is 4.48. The second-order valence-corrected chi connectivity index (χ2v) is 7.86. The molecule has 1 atom stereocenters.